The maximum absolute atomic E-state index is 13.2. The van der Waals surface area contributed by atoms with Crippen molar-refractivity contribution in [3.05, 3.63) is 58.0 Å². The fourth-order valence-electron chi connectivity index (χ4n) is 6.58. The van der Waals surface area contributed by atoms with Crippen molar-refractivity contribution in [3.8, 4) is 5.69 Å². The highest BCUT2D eigenvalue weighted by Gasteiger charge is 2.54. The number of benzene rings is 1. The van der Waals surface area contributed by atoms with E-state index in [1.54, 1.807) is 0 Å². The third-order valence-electron chi connectivity index (χ3n) is 8.70. The van der Waals surface area contributed by atoms with Crippen LogP contribution < -0.4 is 9.80 Å². The standard InChI is InChI=1S/C27H29ClF3N7/c1-16-3-4-17(2)32-24(16)36-12-26(13-36)14-37(15-26)25-34-33-23-11-35(21-8-19(9-21)27(29,30)31)10-18-7-20(28)5-6-22(18)38(23)25/h3-7,19,21H,8-15H2,1-2H3. The second kappa shape index (κ2) is 8.32. The molecule has 200 valence electrons. The summed E-state index contributed by atoms with van der Waals surface area (Å²) in [6, 6.07) is 9.78. The van der Waals surface area contributed by atoms with Crippen LogP contribution in [0.4, 0.5) is 24.9 Å². The maximum Gasteiger partial charge on any atom is 0.391 e. The second-order valence-corrected chi connectivity index (χ2v) is 12.0. The summed E-state index contributed by atoms with van der Waals surface area (Å²) < 4.78 is 41.6. The average Bonchev–Trinajstić information content (AvgIpc) is 3.08. The zero-order chi connectivity index (χ0) is 26.4. The Labute approximate surface area is 224 Å². The molecule has 3 fully saturated rings. The van der Waals surface area contributed by atoms with Crippen molar-refractivity contribution in [3.63, 3.8) is 0 Å². The SMILES string of the molecule is Cc1ccc(C)c(N2CC3(C2)CN(c2nnc4n2-c2ccc(Cl)cc2CN(C2CC(C(F)(F)F)C2)C4)C3)n1. The Hall–Kier alpha value is -2.85. The quantitative estimate of drug-likeness (QED) is 0.468. The third kappa shape index (κ3) is 3.87. The Kier molecular flexibility index (Phi) is 5.30. The summed E-state index contributed by atoms with van der Waals surface area (Å²) in [5.74, 6) is 1.40. The molecule has 7 nitrogen and oxygen atoms in total. The van der Waals surface area contributed by atoms with Gasteiger partial charge in [-0.15, -0.1) is 10.2 Å². The van der Waals surface area contributed by atoms with E-state index in [-0.39, 0.29) is 24.3 Å². The normalized spacial score (nSPS) is 24.3. The monoisotopic (exact) mass is 543 g/mol. The highest BCUT2D eigenvalue weighted by molar-refractivity contribution is 6.30. The molecule has 4 aliphatic rings. The lowest BCUT2D eigenvalue weighted by molar-refractivity contribution is -0.207. The van der Waals surface area contributed by atoms with Crippen LogP contribution in [-0.2, 0) is 13.1 Å². The van der Waals surface area contributed by atoms with Crippen LogP contribution in [0.15, 0.2) is 30.3 Å². The van der Waals surface area contributed by atoms with Gasteiger partial charge in [0, 0.05) is 54.9 Å². The minimum Gasteiger partial charge on any atom is -0.355 e. The molecule has 3 aromatic rings. The number of aromatic nitrogens is 4. The molecule has 38 heavy (non-hydrogen) atoms. The van der Waals surface area contributed by atoms with Crippen LogP contribution in [0.1, 0.15) is 35.5 Å². The first-order valence-electron chi connectivity index (χ1n) is 13.1. The first kappa shape index (κ1) is 24.2. The van der Waals surface area contributed by atoms with E-state index in [9.17, 15) is 13.2 Å². The molecule has 11 heteroatoms. The van der Waals surface area contributed by atoms with Crippen LogP contribution >= 0.6 is 11.6 Å². The number of anilines is 2. The summed E-state index contributed by atoms with van der Waals surface area (Å²) in [4.78, 5) is 11.5. The molecule has 0 bridgehead atoms. The fourth-order valence-corrected chi connectivity index (χ4v) is 6.77. The number of halogens is 4. The molecular weight excluding hydrogens is 515 g/mol. The summed E-state index contributed by atoms with van der Waals surface area (Å²) in [5, 5.41) is 9.72. The van der Waals surface area contributed by atoms with Gasteiger partial charge >= 0.3 is 6.18 Å². The average molecular weight is 544 g/mol. The smallest absolute Gasteiger partial charge is 0.355 e. The molecule has 3 aliphatic heterocycles. The van der Waals surface area contributed by atoms with Gasteiger partial charge in [0.2, 0.25) is 5.95 Å². The van der Waals surface area contributed by atoms with Crippen molar-refractivity contribution in [2.75, 3.05) is 36.0 Å². The van der Waals surface area contributed by atoms with Crippen molar-refractivity contribution in [2.24, 2.45) is 11.3 Å². The van der Waals surface area contributed by atoms with Crippen molar-refractivity contribution in [2.45, 2.75) is 52.0 Å². The number of alkyl halides is 3. The maximum atomic E-state index is 13.2. The van der Waals surface area contributed by atoms with Gasteiger partial charge in [-0.05, 0) is 62.1 Å². The number of aryl methyl sites for hydroxylation is 2. The molecule has 1 aliphatic carbocycles. The van der Waals surface area contributed by atoms with E-state index in [2.05, 4.69) is 42.5 Å². The lowest BCUT2D eigenvalue weighted by atomic mass is 9.73. The van der Waals surface area contributed by atoms with Crippen LogP contribution in [0.3, 0.4) is 0 Å². The largest absolute Gasteiger partial charge is 0.391 e. The van der Waals surface area contributed by atoms with E-state index in [1.165, 1.54) is 5.56 Å². The highest BCUT2D eigenvalue weighted by Crippen LogP contribution is 2.46. The summed E-state index contributed by atoms with van der Waals surface area (Å²) in [6.45, 7) is 8.81. The third-order valence-corrected chi connectivity index (χ3v) is 8.94. The molecule has 2 saturated heterocycles. The Bertz CT molecular complexity index is 1400. The molecular formula is C27H29ClF3N7. The molecule has 5 heterocycles. The molecule has 0 N–H and O–H groups in total. The van der Waals surface area contributed by atoms with Crippen molar-refractivity contribution in [1.82, 2.24) is 24.6 Å². The van der Waals surface area contributed by atoms with Crippen LogP contribution in [0, 0.1) is 25.2 Å². The molecule has 0 atom stereocenters. The van der Waals surface area contributed by atoms with Crippen LogP contribution in [0.25, 0.3) is 5.69 Å². The predicted molar refractivity (Wildman–Crippen MR) is 139 cm³/mol. The van der Waals surface area contributed by atoms with Crippen molar-refractivity contribution >= 4 is 23.4 Å². The van der Waals surface area contributed by atoms with E-state index in [1.807, 2.05) is 31.2 Å². The first-order chi connectivity index (χ1) is 18.1. The van der Waals surface area contributed by atoms with Crippen molar-refractivity contribution < 1.29 is 13.2 Å². The van der Waals surface area contributed by atoms with Gasteiger partial charge < -0.3 is 9.80 Å². The van der Waals surface area contributed by atoms with Crippen LogP contribution in [0.5, 0.6) is 0 Å². The van der Waals surface area contributed by atoms with E-state index >= 15 is 0 Å². The van der Waals surface area contributed by atoms with Gasteiger partial charge in [-0.1, -0.05) is 17.7 Å². The second-order valence-electron chi connectivity index (χ2n) is 11.6. The number of fused-ring (bicyclic) bond motifs is 3. The highest BCUT2D eigenvalue weighted by atomic mass is 35.5. The van der Waals surface area contributed by atoms with Gasteiger partial charge in [0.1, 0.15) is 5.82 Å². The van der Waals surface area contributed by atoms with Crippen LogP contribution in [-0.4, -0.2) is 63.0 Å². The number of hydrogen-bond acceptors (Lipinski definition) is 6. The number of hydrogen-bond donors (Lipinski definition) is 0. The zero-order valence-electron chi connectivity index (χ0n) is 21.3. The number of rotatable bonds is 3. The van der Waals surface area contributed by atoms with Crippen LogP contribution in [0.2, 0.25) is 5.02 Å². The molecule has 0 unspecified atom stereocenters. The Morgan fingerprint density at radius 3 is 2.42 bits per heavy atom. The van der Waals surface area contributed by atoms with E-state index in [0.717, 1.165) is 60.7 Å². The molecule has 1 aromatic carbocycles. The first-order valence-corrected chi connectivity index (χ1v) is 13.4. The van der Waals surface area contributed by atoms with Gasteiger partial charge in [-0.25, -0.2) is 4.98 Å². The van der Waals surface area contributed by atoms with Gasteiger partial charge in [-0.2, -0.15) is 13.2 Å². The summed E-state index contributed by atoms with van der Waals surface area (Å²) in [7, 11) is 0. The molecule has 0 radical (unpaired) electrons. The van der Waals surface area contributed by atoms with Gasteiger partial charge in [0.05, 0.1) is 18.2 Å². The Morgan fingerprint density at radius 2 is 1.68 bits per heavy atom. The van der Waals surface area contributed by atoms with E-state index < -0.39 is 12.1 Å². The molecule has 1 spiro atoms. The number of nitrogens with zero attached hydrogens (tertiary/aromatic N) is 7. The predicted octanol–water partition coefficient (Wildman–Crippen LogP) is 4.92. The van der Waals surface area contributed by atoms with Gasteiger partial charge in [-0.3, -0.25) is 9.47 Å². The van der Waals surface area contributed by atoms with E-state index in [0.29, 0.717) is 18.1 Å². The molecule has 2 aromatic heterocycles. The Balaban J connectivity index is 1.11. The summed E-state index contributed by atoms with van der Waals surface area (Å²) in [6.07, 6.45) is -3.88. The Morgan fingerprint density at radius 1 is 0.947 bits per heavy atom. The van der Waals surface area contributed by atoms with E-state index in [4.69, 9.17) is 16.6 Å². The minimum atomic E-state index is -4.13. The lowest BCUT2D eigenvalue weighted by Crippen LogP contribution is -2.73. The molecule has 1 saturated carbocycles. The molecule has 0 amide bonds. The molecule has 7 rings (SSSR count). The number of pyridine rings is 1. The summed E-state index contributed by atoms with van der Waals surface area (Å²) in [5.41, 5.74) is 4.37. The lowest BCUT2D eigenvalue weighted by Gasteiger charge is -2.60. The minimum absolute atomic E-state index is 0.126. The van der Waals surface area contributed by atoms with Gasteiger partial charge in [0.15, 0.2) is 5.82 Å². The summed E-state index contributed by atoms with van der Waals surface area (Å²) >= 11 is 6.35. The fraction of sp³-hybridized carbons (Fsp3) is 0.519. The van der Waals surface area contributed by atoms with Gasteiger partial charge in [0.25, 0.3) is 0 Å². The zero-order valence-corrected chi connectivity index (χ0v) is 22.1. The van der Waals surface area contributed by atoms with Crippen molar-refractivity contribution in [1.29, 1.82) is 0 Å². The topological polar surface area (TPSA) is 53.3 Å².